The lowest BCUT2D eigenvalue weighted by molar-refractivity contribution is 0.580. The molecule has 0 radical (unpaired) electrons. The maximum absolute atomic E-state index is 3.58. The van der Waals surface area contributed by atoms with E-state index in [1.54, 1.807) is 0 Å². The summed E-state index contributed by atoms with van der Waals surface area (Å²) in [5, 5.41) is 7.16. The van der Waals surface area contributed by atoms with E-state index in [1.807, 2.05) is 0 Å². The Morgan fingerprint density at radius 2 is 1.08 bits per heavy atom. The van der Waals surface area contributed by atoms with Crippen molar-refractivity contribution < 1.29 is 0 Å². The van der Waals surface area contributed by atoms with Gasteiger partial charge in [-0.05, 0) is 37.1 Å². The number of hydrogen-bond acceptors (Lipinski definition) is 2. The lowest BCUT2D eigenvalue weighted by Gasteiger charge is -2.08. The first-order chi connectivity index (χ1) is 11.9. The molecule has 0 atom stereocenters. The predicted molar refractivity (Wildman–Crippen MR) is 107 cm³/mol. The van der Waals surface area contributed by atoms with E-state index in [4.69, 9.17) is 0 Å². The Kier molecular flexibility index (Phi) is 13.8. The molecule has 0 saturated heterocycles. The zero-order chi connectivity index (χ0) is 17.3. The Hall–Kier alpha value is -0.860. The molecule has 0 bridgehead atoms. The average Bonchev–Trinajstić information content (AvgIpc) is 2.60. The minimum Gasteiger partial charge on any atom is -0.313 e. The number of hydrogen-bond donors (Lipinski definition) is 2. The Morgan fingerprint density at radius 3 is 1.54 bits per heavy atom. The zero-order valence-corrected chi connectivity index (χ0v) is 16.2. The van der Waals surface area contributed by atoms with Crippen LogP contribution in [0.2, 0.25) is 0 Å². The third-order valence-electron chi connectivity index (χ3n) is 4.56. The molecule has 0 aliphatic carbocycles. The Morgan fingerprint density at radius 1 is 0.625 bits per heavy atom. The van der Waals surface area contributed by atoms with Crippen LogP contribution in [0.15, 0.2) is 24.3 Å². The van der Waals surface area contributed by atoms with Crippen molar-refractivity contribution in [2.24, 2.45) is 0 Å². The monoisotopic (exact) mass is 332 g/mol. The van der Waals surface area contributed by atoms with Crippen molar-refractivity contribution in [2.75, 3.05) is 13.1 Å². The highest BCUT2D eigenvalue weighted by Crippen LogP contribution is 2.06. The highest BCUT2D eigenvalue weighted by atomic mass is 14.9. The smallest absolute Gasteiger partial charge is 0.0205 e. The molecular weight excluding hydrogens is 292 g/mol. The minimum atomic E-state index is 0.999. The highest BCUT2D eigenvalue weighted by molar-refractivity contribution is 5.23. The summed E-state index contributed by atoms with van der Waals surface area (Å²) in [6, 6.07) is 9.00. The topological polar surface area (TPSA) is 24.1 Å². The molecular formula is C22H40N2. The fraction of sp³-hybridized carbons (Fsp3) is 0.727. The quantitative estimate of drug-likeness (QED) is 0.373. The lowest BCUT2D eigenvalue weighted by atomic mass is 10.1. The van der Waals surface area contributed by atoms with Gasteiger partial charge in [0.05, 0.1) is 0 Å². The zero-order valence-electron chi connectivity index (χ0n) is 16.2. The van der Waals surface area contributed by atoms with Gasteiger partial charge in [-0.25, -0.2) is 0 Å². The summed E-state index contributed by atoms with van der Waals surface area (Å²) >= 11 is 0. The molecule has 0 amide bonds. The van der Waals surface area contributed by atoms with Gasteiger partial charge in [0.25, 0.3) is 0 Å². The van der Waals surface area contributed by atoms with Gasteiger partial charge in [-0.15, -0.1) is 0 Å². The third-order valence-corrected chi connectivity index (χ3v) is 4.56. The molecule has 0 aromatic heterocycles. The molecule has 1 aromatic rings. The minimum absolute atomic E-state index is 0.999. The molecule has 24 heavy (non-hydrogen) atoms. The van der Waals surface area contributed by atoms with E-state index in [2.05, 4.69) is 48.7 Å². The lowest BCUT2D eigenvalue weighted by Crippen LogP contribution is -2.16. The van der Waals surface area contributed by atoms with Crippen molar-refractivity contribution in [2.45, 2.75) is 91.1 Å². The largest absolute Gasteiger partial charge is 0.313 e. The third kappa shape index (κ3) is 11.6. The van der Waals surface area contributed by atoms with E-state index >= 15 is 0 Å². The first kappa shape index (κ1) is 21.2. The number of rotatable bonds is 16. The van der Waals surface area contributed by atoms with E-state index in [-0.39, 0.29) is 0 Å². The SMILES string of the molecule is CCCCCCCNCc1cccc(CNCCCCCCC)c1. The summed E-state index contributed by atoms with van der Waals surface area (Å²) in [6.45, 7) is 8.82. The predicted octanol–water partition coefficient (Wildman–Crippen LogP) is 5.81. The van der Waals surface area contributed by atoms with Crippen LogP contribution in [0.4, 0.5) is 0 Å². The molecule has 0 fully saturated rings. The van der Waals surface area contributed by atoms with E-state index < -0.39 is 0 Å². The van der Waals surface area contributed by atoms with E-state index in [0.29, 0.717) is 0 Å². The Bertz CT molecular complexity index is 356. The van der Waals surface area contributed by atoms with Crippen LogP contribution >= 0.6 is 0 Å². The van der Waals surface area contributed by atoms with Crippen LogP contribution in [0.5, 0.6) is 0 Å². The molecule has 1 aromatic carbocycles. The second kappa shape index (κ2) is 15.7. The Labute approximate surface area is 150 Å². The van der Waals surface area contributed by atoms with Crippen molar-refractivity contribution >= 4 is 0 Å². The molecule has 0 aliphatic heterocycles. The van der Waals surface area contributed by atoms with Crippen molar-refractivity contribution in [1.29, 1.82) is 0 Å². The summed E-state index contributed by atoms with van der Waals surface area (Å²) in [4.78, 5) is 0. The van der Waals surface area contributed by atoms with Crippen molar-refractivity contribution in [1.82, 2.24) is 10.6 Å². The average molecular weight is 333 g/mol. The van der Waals surface area contributed by atoms with Gasteiger partial charge in [0.1, 0.15) is 0 Å². The van der Waals surface area contributed by atoms with Gasteiger partial charge in [0.2, 0.25) is 0 Å². The van der Waals surface area contributed by atoms with Gasteiger partial charge in [-0.3, -0.25) is 0 Å². The molecule has 0 unspecified atom stereocenters. The molecule has 138 valence electrons. The summed E-state index contributed by atoms with van der Waals surface area (Å²) in [7, 11) is 0. The first-order valence-electron chi connectivity index (χ1n) is 10.4. The molecule has 1 rings (SSSR count). The molecule has 2 nitrogen and oxygen atoms in total. The summed E-state index contributed by atoms with van der Waals surface area (Å²) in [6.07, 6.45) is 13.5. The van der Waals surface area contributed by atoms with Gasteiger partial charge in [0.15, 0.2) is 0 Å². The second-order valence-electron chi connectivity index (χ2n) is 7.00. The van der Waals surface area contributed by atoms with Gasteiger partial charge >= 0.3 is 0 Å². The first-order valence-corrected chi connectivity index (χ1v) is 10.4. The normalized spacial score (nSPS) is 11.1. The van der Waals surface area contributed by atoms with Crippen LogP contribution in [0, 0.1) is 0 Å². The van der Waals surface area contributed by atoms with Gasteiger partial charge in [-0.2, -0.15) is 0 Å². The van der Waals surface area contributed by atoms with Crippen molar-refractivity contribution in [3.05, 3.63) is 35.4 Å². The fourth-order valence-electron chi connectivity index (χ4n) is 3.02. The van der Waals surface area contributed by atoms with Crippen LogP contribution in [0.25, 0.3) is 0 Å². The van der Waals surface area contributed by atoms with Gasteiger partial charge in [0, 0.05) is 13.1 Å². The van der Waals surface area contributed by atoms with Crippen molar-refractivity contribution in [3.63, 3.8) is 0 Å². The van der Waals surface area contributed by atoms with E-state index in [0.717, 1.165) is 26.2 Å². The van der Waals surface area contributed by atoms with Crippen LogP contribution in [-0.2, 0) is 13.1 Å². The number of unbranched alkanes of at least 4 members (excludes halogenated alkanes) is 8. The van der Waals surface area contributed by atoms with Gasteiger partial charge in [-0.1, -0.05) is 89.5 Å². The summed E-state index contributed by atoms with van der Waals surface area (Å²) < 4.78 is 0. The van der Waals surface area contributed by atoms with E-state index in [1.165, 1.54) is 75.3 Å². The van der Waals surface area contributed by atoms with Crippen molar-refractivity contribution in [3.8, 4) is 0 Å². The number of benzene rings is 1. The molecule has 2 heteroatoms. The van der Waals surface area contributed by atoms with Crippen LogP contribution in [-0.4, -0.2) is 13.1 Å². The van der Waals surface area contributed by atoms with Gasteiger partial charge < -0.3 is 10.6 Å². The molecule has 0 heterocycles. The summed E-state index contributed by atoms with van der Waals surface area (Å²) in [5.74, 6) is 0. The molecule has 2 N–H and O–H groups in total. The molecule has 0 saturated carbocycles. The second-order valence-corrected chi connectivity index (χ2v) is 7.00. The maximum atomic E-state index is 3.58. The highest BCUT2D eigenvalue weighted by Gasteiger charge is 1.97. The van der Waals surface area contributed by atoms with Crippen LogP contribution in [0.3, 0.4) is 0 Å². The molecule has 0 spiro atoms. The maximum Gasteiger partial charge on any atom is 0.0205 e. The number of nitrogens with one attached hydrogen (secondary N) is 2. The van der Waals surface area contributed by atoms with Crippen LogP contribution in [0.1, 0.15) is 89.2 Å². The molecule has 0 aliphatic rings. The summed E-state index contributed by atoms with van der Waals surface area (Å²) in [5.41, 5.74) is 2.82. The Balaban J connectivity index is 2.08. The standard InChI is InChI=1S/C22H40N2/c1-3-5-7-9-11-16-23-19-21-14-13-15-22(18-21)20-24-17-12-10-8-6-4-2/h13-15,18,23-24H,3-12,16-17,19-20H2,1-2H3. The van der Waals surface area contributed by atoms with Crippen LogP contribution < -0.4 is 10.6 Å². The fourth-order valence-corrected chi connectivity index (χ4v) is 3.02. The van der Waals surface area contributed by atoms with E-state index in [9.17, 15) is 0 Å².